The Kier molecular flexibility index (Phi) is 5.10. The first-order valence-corrected chi connectivity index (χ1v) is 8.53. The maximum absolute atomic E-state index is 12.4. The quantitative estimate of drug-likeness (QED) is 0.783. The lowest BCUT2D eigenvalue weighted by Crippen LogP contribution is -2.51. The lowest BCUT2D eigenvalue weighted by atomic mass is 10.0. The van der Waals surface area contributed by atoms with Gasteiger partial charge < -0.3 is 5.32 Å². The van der Waals surface area contributed by atoms with Gasteiger partial charge in [0.05, 0.1) is 16.6 Å². The van der Waals surface area contributed by atoms with Crippen molar-refractivity contribution < 1.29 is 4.79 Å². The van der Waals surface area contributed by atoms with Crippen molar-refractivity contribution in [2.75, 3.05) is 10.7 Å². The average molecular weight is 401 g/mol. The van der Waals surface area contributed by atoms with E-state index in [1.807, 2.05) is 6.07 Å². The second-order valence-corrected chi connectivity index (χ2v) is 5.74. The molecule has 1 aromatic carbocycles. The number of carbonyl (C=O) groups excluding carboxylic acids is 1. The van der Waals surface area contributed by atoms with Crippen LogP contribution in [-0.2, 0) is 0 Å². The standard InChI is InChI=1S/C14H15Br2N3O/c1-2-14(8-15,9-16)19-13(20)10-3-4-11-12(7-10)18-6-5-17-11/h3-7H,2,8-9H2,1H3,(H,19,20). The van der Waals surface area contributed by atoms with Crippen LogP contribution in [0.2, 0.25) is 0 Å². The van der Waals surface area contributed by atoms with Gasteiger partial charge in [0, 0.05) is 28.6 Å². The topological polar surface area (TPSA) is 54.9 Å². The maximum Gasteiger partial charge on any atom is 0.251 e. The molecular formula is C14H15Br2N3O. The fourth-order valence-corrected chi connectivity index (χ4v) is 3.80. The van der Waals surface area contributed by atoms with Crippen LogP contribution in [0.25, 0.3) is 11.0 Å². The molecule has 106 valence electrons. The predicted molar refractivity (Wildman–Crippen MR) is 87.6 cm³/mol. The van der Waals surface area contributed by atoms with E-state index >= 15 is 0 Å². The Hall–Kier alpha value is -1.01. The summed E-state index contributed by atoms with van der Waals surface area (Å²) in [5.41, 5.74) is 1.82. The van der Waals surface area contributed by atoms with Gasteiger partial charge in [-0.05, 0) is 24.6 Å². The Balaban J connectivity index is 2.27. The second kappa shape index (κ2) is 6.63. The van der Waals surface area contributed by atoms with Gasteiger partial charge in [-0.1, -0.05) is 38.8 Å². The molecule has 6 heteroatoms. The lowest BCUT2D eigenvalue weighted by molar-refractivity contribution is 0.0915. The Labute approximate surface area is 134 Å². The van der Waals surface area contributed by atoms with Crippen LogP contribution in [0.5, 0.6) is 0 Å². The van der Waals surface area contributed by atoms with Crippen molar-refractivity contribution in [3.8, 4) is 0 Å². The molecule has 0 bridgehead atoms. The molecule has 0 spiro atoms. The molecule has 0 aliphatic carbocycles. The molecule has 0 radical (unpaired) electrons. The summed E-state index contributed by atoms with van der Waals surface area (Å²) in [5.74, 6) is -0.0988. The van der Waals surface area contributed by atoms with Crippen molar-refractivity contribution in [1.82, 2.24) is 15.3 Å². The van der Waals surface area contributed by atoms with Crippen LogP contribution in [0.4, 0.5) is 0 Å². The molecule has 0 aliphatic heterocycles. The summed E-state index contributed by atoms with van der Waals surface area (Å²) in [5, 5.41) is 4.47. The summed E-state index contributed by atoms with van der Waals surface area (Å²) in [6.07, 6.45) is 4.10. The summed E-state index contributed by atoms with van der Waals surface area (Å²) in [4.78, 5) is 20.8. The van der Waals surface area contributed by atoms with E-state index in [-0.39, 0.29) is 11.4 Å². The Morgan fingerprint density at radius 3 is 2.45 bits per heavy atom. The first kappa shape index (κ1) is 15.4. The molecule has 0 saturated carbocycles. The molecule has 0 fully saturated rings. The fraction of sp³-hybridized carbons (Fsp3) is 0.357. The fourth-order valence-electron chi connectivity index (χ4n) is 1.80. The van der Waals surface area contributed by atoms with E-state index in [2.05, 4.69) is 54.1 Å². The molecule has 1 aromatic heterocycles. The van der Waals surface area contributed by atoms with Crippen LogP contribution in [0.1, 0.15) is 23.7 Å². The largest absolute Gasteiger partial charge is 0.345 e. The molecule has 1 N–H and O–H groups in total. The number of hydrogen-bond donors (Lipinski definition) is 1. The molecule has 0 unspecified atom stereocenters. The second-order valence-electron chi connectivity index (χ2n) is 4.62. The number of nitrogens with zero attached hydrogens (tertiary/aromatic N) is 2. The predicted octanol–water partition coefficient (Wildman–Crippen LogP) is 3.30. The molecule has 0 saturated heterocycles. The van der Waals surface area contributed by atoms with Crippen LogP contribution < -0.4 is 5.32 Å². The van der Waals surface area contributed by atoms with Gasteiger partial charge in [0.1, 0.15) is 0 Å². The van der Waals surface area contributed by atoms with E-state index in [4.69, 9.17) is 0 Å². The normalized spacial score (nSPS) is 11.6. The van der Waals surface area contributed by atoms with Crippen LogP contribution >= 0.6 is 31.9 Å². The highest BCUT2D eigenvalue weighted by Gasteiger charge is 2.28. The monoisotopic (exact) mass is 399 g/mol. The zero-order valence-corrected chi connectivity index (χ0v) is 14.2. The molecule has 1 heterocycles. The molecule has 0 aliphatic rings. The number of hydrogen-bond acceptors (Lipinski definition) is 3. The number of fused-ring (bicyclic) bond motifs is 1. The van der Waals surface area contributed by atoms with E-state index in [0.29, 0.717) is 16.2 Å². The van der Waals surface area contributed by atoms with Gasteiger partial charge >= 0.3 is 0 Å². The van der Waals surface area contributed by atoms with Gasteiger partial charge in [-0.25, -0.2) is 0 Å². The number of alkyl halides is 2. The average Bonchev–Trinajstić information content (AvgIpc) is 2.52. The van der Waals surface area contributed by atoms with E-state index in [9.17, 15) is 4.79 Å². The Morgan fingerprint density at radius 2 is 1.85 bits per heavy atom. The molecular weight excluding hydrogens is 386 g/mol. The van der Waals surface area contributed by atoms with Crippen LogP contribution in [0.15, 0.2) is 30.6 Å². The van der Waals surface area contributed by atoms with Crippen molar-refractivity contribution in [2.24, 2.45) is 0 Å². The molecule has 4 nitrogen and oxygen atoms in total. The summed E-state index contributed by atoms with van der Waals surface area (Å²) in [7, 11) is 0. The third-order valence-electron chi connectivity index (χ3n) is 3.30. The number of halogens is 2. The molecule has 20 heavy (non-hydrogen) atoms. The van der Waals surface area contributed by atoms with E-state index in [1.54, 1.807) is 24.5 Å². The number of benzene rings is 1. The maximum atomic E-state index is 12.4. The Morgan fingerprint density at radius 1 is 1.20 bits per heavy atom. The van der Waals surface area contributed by atoms with Gasteiger partial charge in [-0.2, -0.15) is 0 Å². The van der Waals surface area contributed by atoms with Crippen molar-refractivity contribution in [1.29, 1.82) is 0 Å². The number of amides is 1. The van der Waals surface area contributed by atoms with Crippen molar-refractivity contribution in [3.05, 3.63) is 36.2 Å². The van der Waals surface area contributed by atoms with Crippen LogP contribution in [-0.4, -0.2) is 32.1 Å². The highest BCUT2D eigenvalue weighted by molar-refractivity contribution is 9.09. The van der Waals surface area contributed by atoms with Crippen LogP contribution in [0, 0.1) is 0 Å². The van der Waals surface area contributed by atoms with Crippen molar-refractivity contribution in [2.45, 2.75) is 18.9 Å². The molecule has 2 rings (SSSR count). The number of carbonyl (C=O) groups is 1. The highest BCUT2D eigenvalue weighted by Crippen LogP contribution is 2.18. The van der Waals surface area contributed by atoms with Gasteiger partial charge in [0.15, 0.2) is 0 Å². The number of aromatic nitrogens is 2. The first-order valence-electron chi connectivity index (χ1n) is 6.29. The summed E-state index contributed by atoms with van der Waals surface area (Å²) < 4.78 is 0. The first-order chi connectivity index (χ1) is 9.64. The summed E-state index contributed by atoms with van der Waals surface area (Å²) in [6, 6.07) is 5.35. The summed E-state index contributed by atoms with van der Waals surface area (Å²) >= 11 is 6.93. The van der Waals surface area contributed by atoms with Crippen LogP contribution in [0.3, 0.4) is 0 Å². The number of nitrogens with one attached hydrogen (secondary N) is 1. The lowest BCUT2D eigenvalue weighted by Gasteiger charge is -2.30. The van der Waals surface area contributed by atoms with Gasteiger partial charge in [0.2, 0.25) is 0 Å². The highest BCUT2D eigenvalue weighted by atomic mass is 79.9. The smallest absolute Gasteiger partial charge is 0.251 e. The van der Waals surface area contributed by atoms with Gasteiger partial charge in [-0.3, -0.25) is 14.8 Å². The summed E-state index contributed by atoms with van der Waals surface area (Å²) in [6.45, 7) is 2.05. The van der Waals surface area contributed by atoms with Crippen molar-refractivity contribution in [3.63, 3.8) is 0 Å². The van der Waals surface area contributed by atoms with E-state index in [0.717, 1.165) is 17.5 Å². The van der Waals surface area contributed by atoms with Gasteiger partial charge in [0.25, 0.3) is 5.91 Å². The minimum Gasteiger partial charge on any atom is -0.345 e. The molecule has 2 aromatic rings. The zero-order valence-electron chi connectivity index (χ0n) is 11.1. The molecule has 1 amide bonds. The minimum absolute atomic E-state index is 0.0988. The molecule has 0 atom stereocenters. The minimum atomic E-state index is -0.283. The van der Waals surface area contributed by atoms with E-state index in [1.165, 1.54) is 0 Å². The third kappa shape index (κ3) is 3.17. The third-order valence-corrected chi connectivity index (χ3v) is 5.45. The SMILES string of the molecule is CCC(CBr)(CBr)NC(=O)c1ccc2nccnc2c1. The van der Waals surface area contributed by atoms with Gasteiger partial charge in [-0.15, -0.1) is 0 Å². The zero-order chi connectivity index (χ0) is 14.6. The van der Waals surface area contributed by atoms with E-state index < -0.39 is 0 Å². The van der Waals surface area contributed by atoms with Crippen molar-refractivity contribution >= 4 is 48.8 Å². The number of rotatable bonds is 5. The Bertz CT molecular complexity index is 606.